The lowest BCUT2D eigenvalue weighted by Crippen LogP contribution is -2.34. The molecule has 0 spiro atoms. The van der Waals surface area contributed by atoms with Crippen LogP contribution in [0.1, 0.15) is 5.56 Å². The minimum atomic E-state index is -4.92. The highest BCUT2D eigenvalue weighted by atomic mass is 32.2. The van der Waals surface area contributed by atoms with E-state index in [2.05, 4.69) is 6.58 Å². The molecule has 0 bridgehead atoms. The Morgan fingerprint density at radius 2 is 1.78 bits per heavy atom. The van der Waals surface area contributed by atoms with Crippen molar-refractivity contribution < 1.29 is 21.6 Å². The molecule has 0 aliphatic carbocycles. The molecule has 1 unspecified atom stereocenters. The minimum Gasteiger partial charge on any atom is -0.223 e. The van der Waals surface area contributed by atoms with Crippen LogP contribution in [-0.4, -0.2) is 19.8 Å². The van der Waals surface area contributed by atoms with Gasteiger partial charge in [0.2, 0.25) is 0 Å². The fraction of sp³-hybridized carbons (Fsp3) is 0.182. The van der Waals surface area contributed by atoms with Crippen molar-refractivity contribution in [2.24, 2.45) is 0 Å². The van der Waals surface area contributed by atoms with Crippen LogP contribution in [0, 0.1) is 11.3 Å². The Kier molecular flexibility index (Phi) is 3.82. The van der Waals surface area contributed by atoms with Crippen LogP contribution in [-0.2, 0) is 9.84 Å². The molecule has 1 atom stereocenters. The quantitative estimate of drug-likeness (QED) is 0.796. The first-order valence-corrected chi connectivity index (χ1v) is 6.21. The Morgan fingerprint density at radius 1 is 1.28 bits per heavy atom. The van der Waals surface area contributed by atoms with Crippen LogP contribution in [0.5, 0.6) is 0 Å². The predicted octanol–water partition coefficient (Wildman–Crippen LogP) is 2.45. The van der Waals surface area contributed by atoms with Crippen LogP contribution in [0.4, 0.5) is 13.2 Å². The first kappa shape index (κ1) is 14.3. The van der Waals surface area contributed by atoms with E-state index in [1.807, 2.05) is 0 Å². The summed E-state index contributed by atoms with van der Waals surface area (Å²) in [5.41, 5.74) is 0.163. The van der Waals surface area contributed by atoms with Crippen molar-refractivity contribution in [2.45, 2.75) is 16.3 Å². The average Bonchev–Trinajstić information content (AvgIpc) is 2.27. The van der Waals surface area contributed by atoms with Crippen molar-refractivity contribution in [3.63, 3.8) is 0 Å². The van der Waals surface area contributed by atoms with Crippen LogP contribution >= 0.6 is 0 Å². The third-order valence-electron chi connectivity index (χ3n) is 2.18. The molecule has 0 fully saturated rings. The van der Waals surface area contributed by atoms with Gasteiger partial charge in [0.15, 0.2) is 15.1 Å². The number of hydrogen-bond acceptors (Lipinski definition) is 3. The van der Waals surface area contributed by atoms with Gasteiger partial charge in [0, 0.05) is 0 Å². The van der Waals surface area contributed by atoms with E-state index in [9.17, 15) is 21.6 Å². The number of nitriles is 1. The highest BCUT2D eigenvalue weighted by Crippen LogP contribution is 2.31. The molecular formula is C11H8F3NO2S. The molecule has 1 aromatic rings. The van der Waals surface area contributed by atoms with Crippen molar-refractivity contribution in [3.05, 3.63) is 42.5 Å². The zero-order valence-electron chi connectivity index (χ0n) is 8.98. The largest absolute Gasteiger partial charge is 0.409 e. The molecule has 0 amide bonds. The SMILES string of the molecule is C=CC(C(F)(F)F)S(=O)(=O)c1ccc(C#N)cc1. The van der Waals surface area contributed by atoms with Crippen LogP contribution in [0.3, 0.4) is 0 Å². The van der Waals surface area contributed by atoms with Crippen molar-refractivity contribution in [1.29, 1.82) is 5.26 Å². The first-order valence-electron chi connectivity index (χ1n) is 4.67. The maximum atomic E-state index is 12.5. The normalized spacial score (nSPS) is 13.7. The number of benzene rings is 1. The van der Waals surface area contributed by atoms with E-state index in [-0.39, 0.29) is 5.56 Å². The van der Waals surface area contributed by atoms with Crippen molar-refractivity contribution >= 4 is 9.84 Å². The van der Waals surface area contributed by atoms with Gasteiger partial charge in [0.25, 0.3) is 0 Å². The van der Waals surface area contributed by atoms with E-state index in [1.54, 1.807) is 6.07 Å². The molecule has 3 nitrogen and oxygen atoms in total. The lowest BCUT2D eigenvalue weighted by atomic mass is 10.2. The van der Waals surface area contributed by atoms with E-state index in [0.717, 1.165) is 24.3 Å². The molecule has 0 aliphatic heterocycles. The summed E-state index contributed by atoms with van der Waals surface area (Å²) in [4.78, 5) is -0.497. The van der Waals surface area contributed by atoms with Crippen LogP contribution in [0.2, 0.25) is 0 Å². The number of halogens is 3. The Labute approximate surface area is 102 Å². The second kappa shape index (κ2) is 4.82. The molecule has 7 heteroatoms. The van der Waals surface area contributed by atoms with Gasteiger partial charge in [0.05, 0.1) is 16.5 Å². The highest BCUT2D eigenvalue weighted by molar-refractivity contribution is 7.92. The van der Waals surface area contributed by atoms with E-state index in [0.29, 0.717) is 6.08 Å². The smallest absolute Gasteiger partial charge is 0.223 e. The molecule has 0 aromatic heterocycles. The fourth-order valence-corrected chi connectivity index (χ4v) is 2.72. The van der Waals surface area contributed by atoms with E-state index >= 15 is 0 Å². The monoisotopic (exact) mass is 275 g/mol. The van der Waals surface area contributed by atoms with Gasteiger partial charge in [-0.25, -0.2) is 8.42 Å². The summed E-state index contributed by atoms with van der Waals surface area (Å²) in [5, 5.41) is 5.87. The van der Waals surface area contributed by atoms with E-state index < -0.39 is 26.2 Å². The van der Waals surface area contributed by atoms with Crippen molar-refractivity contribution in [2.75, 3.05) is 0 Å². The summed E-state index contributed by atoms with van der Waals surface area (Å²) in [6.45, 7) is 2.90. The lowest BCUT2D eigenvalue weighted by Gasteiger charge is -2.17. The fourth-order valence-electron chi connectivity index (χ4n) is 1.30. The molecule has 1 rings (SSSR count). The van der Waals surface area contributed by atoms with Crippen molar-refractivity contribution in [1.82, 2.24) is 0 Å². The van der Waals surface area contributed by atoms with Gasteiger partial charge in [-0.05, 0) is 24.3 Å². The summed E-state index contributed by atoms with van der Waals surface area (Å²) in [7, 11) is -4.59. The summed E-state index contributed by atoms with van der Waals surface area (Å²) in [6, 6.07) is 5.96. The number of sulfone groups is 1. The molecule has 1 aromatic carbocycles. The van der Waals surface area contributed by atoms with E-state index in [1.165, 1.54) is 0 Å². The summed E-state index contributed by atoms with van der Waals surface area (Å²) in [5.74, 6) is 0. The lowest BCUT2D eigenvalue weighted by molar-refractivity contribution is -0.121. The van der Waals surface area contributed by atoms with Gasteiger partial charge in [-0.2, -0.15) is 18.4 Å². The third kappa shape index (κ3) is 2.71. The summed E-state index contributed by atoms with van der Waals surface area (Å²) < 4.78 is 61.1. The highest BCUT2D eigenvalue weighted by Gasteiger charge is 2.47. The molecule has 0 saturated carbocycles. The Hall–Kier alpha value is -1.81. The minimum absolute atomic E-state index is 0.163. The maximum absolute atomic E-state index is 12.5. The zero-order chi connectivity index (χ0) is 14.0. The molecule has 18 heavy (non-hydrogen) atoms. The van der Waals surface area contributed by atoms with Gasteiger partial charge < -0.3 is 0 Å². The van der Waals surface area contributed by atoms with Crippen LogP contribution in [0.25, 0.3) is 0 Å². The molecule has 0 aliphatic rings. The van der Waals surface area contributed by atoms with Gasteiger partial charge in [-0.15, -0.1) is 6.58 Å². The maximum Gasteiger partial charge on any atom is 0.409 e. The van der Waals surface area contributed by atoms with Gasteiger partial charge in [-0.3, -0.25) is 0 Å². The van der Waals surface area contributed by atoms with Crippen LogP contribution < -0.4 is 0 Å². The molecule has 0 N–H and O–H groups in total. The average molecular weight is 275 g/mol. The number of rotatable bonds is 3. The predicted molar refractivity (Wildman–Crippen MR) is 58.4 cm³/mol. The standard InChI is InChI=1S/C11H8F3NO2S/c1-2-10(11(12,13)14)18(16,17)9-5-3-8(7-15)4-6-9/h2-6,10H,1H2. The number of nitrogens with zero attached hydrogens (tertiary/aromatic N) is 1. The Bertz CT molecular complexity index is 582. The third-order valence-corrected chi connectivity index (χ3v) is 4.24. The second-order valence-electron chi connectivity index (χ2n) is 3.38. The first-order chi connectivity index (χ1) is 8.23. The molecule has 0 radical (unpaired) electrons. The second-order valence-corrected chi connectivity index (χ2v) is 5.45. The van der Waals surface area contributed by atoms with Crippen molar-refractivity contribution in [3.8, 4) is 6.07 Å². The van der Waals surface area contributed by atoms with Crippen LogP contribution in [0.15, 0.2) is 41.8 Å². The topological polar surface area (TPSA) is 57.9 Å². The molecular weight excluding hydrogens is 267 g/mol. The van der Waals surface area contributed by atoms with Gasteiger partial charge in [0.1, 0.15) is 0 Å². The van der Waals surface area contributed by atoms with Gasteiger partial charge >= 0.3 is 6.18 Å². The number of alkyl halides is 3. The molecule has 0 heterocycles. The Morgan fingerprint density at radius 3 is 2.11 bits per heavy atom. The Balaban J connectivity index is 3.28. The summed E-state index contributed by atoms with van der Waals surface area (Å²) >= 11 is 0. The molecule has 0 saturated heterocycles. The molecule has 96 valence electrons. The summed E-state index contributed by atoms with van der Waals surface area (Å²) in [6.07, 6.45) is -4.58. The zero-order valence-corrected chi connectivity index (χ0v) is 9.79. The van der Waals surface area contributed by atoms with Gasteiger partial charge in [-0.1, -0.05) is 6.08 Å². The van der Waals surface area contributed by atoms with E-state index in [4.69, 9.17) is 5.26 Å². The number of hydrogen-bond donors (Lipinski definition) is 0.